The first-order valence-electron chi connectivity index (χ1n) is 7.78. The smallest absolute Gasteiger partial charge is 0.244 e. The van der Waals surface area contributed by atoms with E-state index in [1.165, 1.54) is 4.90 Å². The van der Waals surface area contributed by atoms with Crippen molar-refractivity contribution in [2.75, 3.05) is 34.8 Å². The SMILES string of the molecule is CC(Nc1ccc(NS(C)(=O)=O)cc1)C(=O)N(C)C1CCS(=O)(=O)C1. The van der Waals surface area contributed by atoms with Crippen molar-refractivity contribution < 1.29 is 21.6 Å². The lowest BCUT2D eigenvalue weighted by molar-refractivity contribution is -0.132. The first-order chi connectivity index (χ1) is 11.5. The summed E-state index contributed by atoms with van der Waals surface area (Å²) in [7, 11) is -4.77. The number of hydrogen-bond donors (Lipinski definition) is 2. The lowest BCUT2D eigenvalue weighted by atomic mass is 10.2. The van der Waals surface area contributed by atoms with Gasteiger partial charge in [0, 0.05) is 24.5 Å². The number of likely N-dealkylation sites (N-methyl/N-ethyl adjacent to an activating group) is 1. The number of sulfonamides is 1. The van der Waals surface area contributed by atoms with Crippen molar-refractivity contribution >= 4 is 37.1 Å². The number of anilines is 2. The number of carbonyl (C=O) groups is 1. The quantitative estimate of drug-likeness (QED) is 0.733. The van der Waals surface area contributed by atoms with Gasteiger partial charge in [-0.05, 0) is 37.6 Å². The van der Waals surface area contributed by atoms with Crippen LogP contribution >= 0.6 is 0 Å². The van der Waals surface area contributed by atoms with Crippen molar-refractivity contribution in [3.8, 4) is 0 Å². The molecule has 0 spiro atoms. The van der Waals surface area contributed by atoms with Gasteiger partial charge in [-0.25, -0.2) is 16.8 Å². The van der Waals surface area contributed by atoms with E-state index in [0.717, 1.165) is 6.26 Å². The van der Waals surface area contributed by atoms with Gasteiger partial charge in [0.05, 0.1) is 17.8 Å². The lowest BCUT2D eigenvalue weighted by Gasteiger charge is -2.27. The average Bonchev–Trinajstić information content (AvgIpc) is 2.86. The molecule has 1 amide bonds. The number of amides is 1. The second-order valence-corrected chi connectivity index (χ2v) is 10.3. The number of nitrogens with one attached hydrogen (secondary N) is 2. The molecule has 2 rings (SSSR count). The molecule has 8 nitrogen and oxygen atoms in total. The number of rotatable bonds is 6. The molecular weight excluding hydrogens is 366 g/mol. The molecule has 1 heterocycles. The van der Waals surface area contributed by atoms with Crippen LogP contribution in [0.3, 0.4) is 0 Å². The Morgan fingerprint density at radius 3 is 2.28 bits per heavy atom. The Bertz CT molecular complexity index is 834. The van der Waals surface area contributed by atoms with E-state index in [0.29, 0.717) is 17.8 Å². The number of carbonyl (C=O) groups excluding carboxylic acids is 1. The van der Waals surface area contributed by atoms with E-state index in [2.05, 4.69) is 10.0 Å². The lowest BCUT2D eigenvalue weighted by Crippen LogP contribution is -2.45. The van der Waals surface area contributed by atoms with Crippen molar-refractivity contribution in [2.24, 2.45) is 0 Å². The summed E-state index contributed by atoms with van der Waals surface area (Å²) in [6.45, 7) is 1.70. The standard InChI is InChI=1S/C15H23N3O5S2/c1-11(15(19)18(2)14-8-9-25(22,23)10-14)16-12-4-6-13(7-5-12)17-24(3,20)21/h4-7,11,14,16-17H,8-10H2,1-3H3. The van der Waals surface area contributed by atoms with Gasteiger partial charge in [0.25, 0.3) is 0 Å². The Hall–Kier alpha value is -1.81. The molecule has 1 fully saturated rings. The molecule has 0 aliphatic carbocycles. The van der Waals surface area contributed by atoms with Crippen molar-refractivity contribution in [2.45, 2.75) is 25.4 Å². The summed E-state index contributed by atoms with van der Waals surface area (Å²) in [6, 6.07) is 5.68. The zero-order valence-electron chi connectivity index (χ0n) is 14.4. The van der Waals surface area contributed by atoms with Gasteiger partial charge in [-0.3, -0.25) is 9.52 Å². The summed E-state index contributed by atoms with van der Waals surface area (Å²) >= 11 is 0. The molecule has 10 heteroatoms. The molecule has 0 saturated carbocycles. The molecule has 1 aliphatic rings. The van der Waals surface area contributed by atoms with E-state index in [-0.39, 0.29) is 23.5 Å². The highest BCUT2D eigenvalue weighted by atomic mass is 32.2. The highest BCUT2D eigenvalue weighted by Gasteiger charge is 2.34. The van der Waals surface area contributed by atoms with E-state index >= 15 is 0 Å². The number of benzene rings is 1. The molecule has 1 aliphatic heterocycles. The molecule has 0 aromatic heterocycles. The van der Waals surface area contributed by atoms with Crippen LogP contribution in [-0.2, 0) is 24.7 Å². The molecule has 25 heavy (non-hydrogen) atoms. The van der Waals surface area contributed by atoms with Gasteiger partial charge in [-0.2, -0.15) is 0 Å². The fourth-order valence-electron chi connectivity index (χ4n) is 2.73. The Balaban J connectivity index is 1.96. The van der Waals surface area contributed by atoms with Gasteiger partial charge in [0.2, 0.25) is 15.9 Å². The van der Waals surface area contributed by atoms with Crippen LogP contribution in [-0.4, -0.2) is 64.5 Å². The highest BCUT2D eigenvalue weighted by Crippen LogP contribution is 2.19. The molecule has 2 atom stereocenters. The van der Waals surface area contributed by atoms with Gasteiger partial charge < -0.3 is 10.2 Å². The summed E-state index contributed by atoms with van der Waals surface area (Å²) in [6.07, 6.45) is 1.53. The topological polar surface area (TPSA) is 113 Å². The van der Waals surface area contributed by atoms with Crippen LogP contribution in [0, 0.1) is 0 Å². The third kappa shape index (κ3) is 5.60. The molecule has 1 saturated heterocycles. The molecule has 140 valence electrons. The van der Waals surface area contributed by atoms with E-state index < -0.39 is 25.9 Å². The predicted molar refractivity (Wildman–Crippen MR) is 97.8 cm³/mol. The second-order valence-electron chi connectivity index (χ2n) is 6.32. The van der Waals surface area contributed by atoms with Crippen LogP contribution in [0.4, 0.5) is 11.4 Å². The first kappa shape index (κ1) is 19.5. The van der Waals surface area contributed by atoms with Crippen molar-refractivity contribution in [1.29, 1.82) is 0 Å². The monoisotopic (exact) mass is 389 g/mol. The molecule has 2 unspecified atom stereocenters. The van der Waals surface area contributed by atoms with Gasteiger partial charge in [-0.15, -0.1) is 0 Å². The summed E-state index contributed by atoms with van der Waals surface area (Å²) < 4.78 is 47.8. The highest BCUT2D eigenvalue weighted by molar-refractivity contribution is 7.92. The number of hydrogen-bond acceptors (Lipinski definition) is 6. The minimum atomic E-state index is -3.34. The number of nitrogens with zero attached hydrogens (tertiary/aromatic N) is 1. The van der Waals surface area contributed by atoms with Crippen molar-refractivity contribution in [3.63, 3.8) is 0 Å². The largest absolute Gasteiger partial charge is 0.374 e. The Labute approximate surface area is 148 Å². The van der Waals surface area contributed by atoms with E-state index in [1.807, 2.05) is 0 Å². The first-order valence-corrected chi connectivity index (χ1v) is 11.5. The zero-order valence-corrected chi connectivity index (χ0v) is 16.0. The average molecular weight is 389 g/mol. The fraction of sp³-hybridized carbons (Fsp3) is 0.533. The zero-order chi connectivity index (χ0) is 18.8. The molecule has 1 aromatic carbocycles. The van der Waals surface area contributed by atoms with E-state index in [1.54, 1.807) is 38.2 Å². The normalized spacial score (nSPS) is 20.7. The minimum absolute atomic E-state index is 0.00776. The van der Waals surface area contributed by atoms with Crippen LogP contribution in [0.15, 0.2) is 24.3 Å². The van der Waals surface area contributed by atoms with Crippen LogP contribution < -0.4 is 10.0 Å². The van der Waals surface area contributed by atoms with E-state index in [4.69, 9.17) is 0 Å². The van der Waals surface area contributed by atoms with Gasteiger partial charge in [0.1, 0.15) is 6.04 Å². The fourth-order valence-corrected chi connectivity index (χ4v) is 5.07. The van der Waals surface area contributed by atoms with Gasteiger partial charge in [0.15, 0.2) is 9.84 Å². The molecule has 2 N–H and O–H groups in total. The van der Waals surface area contributed by atoms with Crippen LogP contribution in [0.2, 0.25) is 0 Å². The van der Waals surface area contributed by atoms with Crippen LogP contribution in [0.1, 0.15) is 13.3 Å². The molecule has 0 bridgehead atoms. The molecule has 1 aromatic rings. The van der Waals surface area contributed by atoms with Crippen molar-refractivity contribution in [1.82, 2.24) is 4.90 Å². The Morgan fingerprint density at radius 1 is 1.24 bits per heavy atom. The minimum Gasteiger partial charge on any atom is -0.374 e. The van der Waals surface area contributed by atoms with Gasteiger partial charge >= 0.3 is 0 Å². The van der Waals surface area contributed by atoms with Crippen LogP contribution in [0.25, 0.3) is 0 Å². The van der Waals surface area contributed by atoms with Crippen LogP contribution in [0.5, 0.6) is 0 Å². The third-order valence-corrected chi connectivity index (χ3v) is 6.40. The second kappa shape index (κ2) is 7.20. The van der Waals surface area contributed by atoms with E-state index in [9.17, 15) is 21.6 Å². The summed E-state index contributed by atoms with van der Waals surface area (Å²) in [5, 5.41) is 3.04. The molecular formula is C15H23N3O5S2. The van der Waals surface area contributed by atoms with Crippen molar-refractivity contribution in [3.05, 3.63) is 24.3 Å². The number of sulfone groups is 1. The van der Waals surface area contributed by atoms with Gasteiger partial charge in [-0.1, -0.05) is 0 Å². The molecule has 0 radical (unpaired) electrons. The predicted octanol–water partition coefficient (Wildman–Crippen LogP) is 0.504. The Morgan fingerprint density at radius 2 is 1.80 bits per heavy atom. The third-order valence-electron chi connectivity index (χ3n) is 4.05. The summed E-state index contributed by atoms with van der Waals surface area (Å²) in [5.41, 5.74) is 1.09. The maximum absolute atomic E-state index is 12.5. The summed E-state index contributed by atoms with van der Waals surface area (Å²) in [4.78, 5) is 14.0. The summed E-state index contributed by atoms with van der Waals surface area (Å²) in [5.74, 6) is -0.0693. The maximum Gasteiger partial charge on any atom is 0.244 e. The maximum atomic E-state index is 12.5. The Kier molecular flexibility index (Phi) is 5.62.